The number of nitro benzene ring substituents is 1. The van der Waals surface area contributed by atoms with Gasteiger partial charge in [0.15, 0.2) is 0 Å². The van der Waals surface area contributed by atoms with E-state index in [2.05, 4.69) is 5.32 Å². The number of para-hydroxylation sites is 1. The van der Waals surface area contributed by atoms with E-state index in [0.29, 0.717) is 11.3 Å². The van der Waals surface area contributed by atoms with Crippen LogP contribution in [-0.4, -0.2) is 33.4 Å². The number of anilines is 1. The predicted molar refractivity (Wildman–Crippen MR) is 110 cm³/mol. The summed E-state index contributed by atoms with van der Waals surface area (Å²) in [5.41, 5.74) is 1.26. The van der Waals surface area contributed by atoms with Crippen molar-refractivity contribution in [2.24, 2.45) is 0 Å². The Hall–Kier alpha value is -3.72. The second-order valence-corrected chi connectivity index (χ2v) is 6.91. The van der Waals surface area contributed by atoms with Crippen LogP contribution in [0.15, 0.2) is 71.7 Å². The van der Waals surface area contributed by atoms with Crippen molar-refractivity contribution in [3.8, 4) is 0 Å². The molecule has 0 bridgehead atoms. The first-order chi connectivity index (χ1) is 13.9. The van der Waals surface area contributed by atoms with Crippen LogP contribution in [0.25, 0.3) is 6.08 Å². The summed E-state index contributed by atoms with van der Waals surface area (Å²) in [7, 11) is 0. The minimum atomic E-state index is -0.545. The van der Waals surface area contributed by atoms with Gasteiger partial charge in [0.05, 0.1) is 9.83 Å². The maximum Gasteiger partial charge on any atom is 0.294 e. The standard InChI is InChI=1S/C20H15N3O5S/c24-18(21-15-6-2-1-3-7-15)13-22-19(25)17(29-20(22)26)8-4-5-14-9-11-16(12-10-14)23(27)28/h1-12H,13H2,(H,21,24)/b5-4+,17-8-. The normalized spacial score (nSPS) is 15.3. The summed E-state index contributed by atoms with van der Waals surface area (Å²) < 4.78 is 0. The maximum atomic E-state index is 12.4. The van der Waals surface area contributed by atoms with Crippen molar-refractivity contribution in [1.82, 2.24) is 4.90 Å². The van der Waals surface area contributed by atoms with Crippen molar-refractivity contribution in [3.05, 3.63) is 87.3 Å². The van der Waals surface area contributed by atoms with E-state index >= 15 is 0 Å². The molecule has 1 heterocycles. The first-order valence-electron chi connectivity index (χ1n) is 8.45. The summed E-state index contributed by atoms with van der Waals surface area (Å²) in [6, 6.07) is 14.6. The Kier molecular flexibility index (Phi) is 6.20. The number of carbonyl (C=O) groups excluding carboxylic acids is 3. The summed E-state index contributed by atoms with van der Waals surface area (Å²) >= 11 is 0.750. The molecule has 8 nitrogen and oxygen atoms in total. The molecule has 1 saturated heterocycles. The van der Waals surface area contributed by atoms with Crippen LogP contribution >= 0.6 is 11.8 Å². The molecule has 0 saturated carbocycles. The van der Waals surface area contributed by atoms with E-state index in [1.165, 1.54) is 18.2 Å². The monoisotopic (exact) mass is 409 g/mol. The van der Waals surface area contributed by atoms with Gasteiger partial charge < -0.3 is 5.32 Å². The molecular weight excluding hydrogens is 394 g/mol. The fourth-order valence-electron chi connectivity index (χ4n) is 2.47. The molecule has 0 radical (unpaired) electrons. The fourth-order valence-corrected chi connectivity index (χ4v) is 3.26. The zero-order valence-corrected chi connectivity index (χ0v) is 15.8. The van der Waals surface area contributed by atoms with Crippen molar-refractivity contribution in [1.29, 1.82) is 0 Å². The van der Waals surface area contributed by atoms with E-state index < -0.39 is 22.0 Å². The number of benzene rings is 2. The van der Waals surface area contributed by atoms with Gasteiger partial charge in [-0.25, -0.2) is 0 Å². The minimum absolute atomic E-state index is 0.0166. The highest BCUT2D eigenvalue weighted by Gasteiger charge is 2.35. The van der Waals surface area contributed by atoms with Crippen molar-refractivity contribution < 1.29 is 19.3 Å². The molecule has 3 amide bonds. The van der Waals surface area contributed by atoms with Gasteiger partial charge in [0.1, 0.15) is 6.54 Å². The van der Waals surface area contributed by atoms with Crippen molar-refractivity contribution >= 4 is 46.3 Å². The van der Waals surface area contributed by atoms with E-state index in [-0.39, 0.29) is 17.1 Å². The predicted octanol–water partition coefficient (Wildman–Crippen LogP) is 3.83. The summed E-state index contributed by atoms with van der Waals surface area (Å²) in [4.78, 5) is 47.8. The van der Waals surface area contributed by atoms with Crippen LogP contribution in [0.5, 0.6) is 0 Å². The molecule has 0 aliphatic carbocycles. The third-order valence-corrected chi connectivity index (χ3v) is 4.80. The van der Waals surface area contributed by atoms with Gasteiger partial charge in [-0.15, -0.1) is 0 Å². The van der Waals surface area contributed by atoms with E-state index in [9.17, 15) is 24.5 Å². The SMILES string of the molecule is O=C(CN1C(=O)S/C(=C\C=C\c2ccc([N+](=O)[O-])cc2)C1=O)Nc1ccccc1. The lowest BCUT2D eigenvalue weighted by Crippen LogP contribution is -2.36. The number of thioether (sulfide) groups is 1. The third-order valence-electron chi connectivity index (χ3n) is 3.87. The van der Waals surface area contributed by atoms with Gasteiger partial charge in [0.2, 0.25) is 5.91 Å². The van der Waals surface area contributed by atoms with Crippen molar-refractivity contribution in [2.45, 2.75) is 0 Å². The topological polar surface area (TPSA) is 110 Å². The summed E-state index contributed by atoms with van der Waals surface area (Å²) in [6.07, 6.45) is 4.70. The fraction of sp³-hybridized carbons (Fsp3) is 0.0500. The number of non-ortho nitro benzene ring substituents is 1. The summed E-state index contributed by atoms with van der Waals surface area (Å²) in [5, 5.41) is 12.8. The molecule has 0 spiro atoms. The highest BCUT2D eigenvalue weighted by molar-refractivity contribution is 8.18. The number of hydrogen-bond acceptors (Lipinski definition) is 6. The Morgan fingerprint density at radius 1 is 1.10 bits per heavy atom. The van der Waals surface area contributed by atoms with Crippen molar-refractivity contribution in [2.75, 3.05) is 11.9 Å². The van der Waals surface area contributed by atoms with E-state index in [0.717, 1.165) is 16.7 Å². The van der Waals surface area contributed by atoms with Crippen LogP contribution in [0.4, 0.5) is 16.2 Å². The Balaban J connectivity index is 1.61. The van der Waals surface area contributed by atoms with Crippen LogP contribution in [0.1, 0.15) is 5.56 Å². The lowest BCUT2D eigenvalue weighted by Gasteiger charge is -2.12. The van der Waals surface area contributed by atoms with Gasteiger partial charge in [-0.2, -0.15) is 0 Å². The molecule has 3 rings (SSSR count). The Morgan fingerprint density at radius 3 is 2.45 bits per heavy atom. The van der Waals surface area contributed by atoms with Crippen LogP contribution < -0.4 is 5.32 Å². The van der Waals surface area contributed by atoms with Gasteiger partial charge in [0, 0.05) is 17.8 Å². The number of nitrogens with one attached hydrogen (secondary N) is 1. The van der Waals surface area contributed by atoms with Crippen LogP contribution in [0, 0.1) is 10.1 Å². The Bertz CT molecular complexity index is 1020. The van der Waals surface area contributed by atoms with Crippen LogP contribution in [0.2, 0.25) is 0 Å². The average Bonchev–Trinajstić information content (AvgIpc) is 2.96. The molecule has 146 valence electrons. The zero-order valence-electron chi connectivity index (χ0n) is 15.0. The Morgan fingerprint density at radius 2 is 1.79 bits per heavy atom. The molecule has 0 aromatic heterocycles. The highest BCUT2D eigenvalue weighted by atomic mass is 32.2. The van der Waals surface area contributed by atoms with E-state index in [1.807, 2.05) is 0 Å². The van der Waals surface area contributed by atoms with Gasteiger partial charge in [0.25, 0.3) is 16.8 Å². The van der Waals surface area contributed by atoms with Crippen LogP contribution in [0.3, 0.4) is 0 Å². The van der Waals surface area contributed by atoms with Gasteiger partial charge in [-0.05, 0) is 47.7 Å². The molecule has 1 aliphatic rings. The summed E-state index contributed by atoms with van der Waals surface area (Å²) in [6.45, 7) is -0.372. The zero-order chi connectivity index (χ0) is 20.8. The van der Waals surface area contributed by atoms with Gasteiger partial charge in [-0.1, -0.05) is 30.4 Å². The number of amides is 3. The average molecular weight is 409 g/mol. The van der Waals surface area contributed by atoms with Crippen LogP contribution in [-0.2, 0) is 9.59 Å². The first-order valence-corrected chi connectivity index (χ1v) is 9.27. The first kappa shape index (κ1) is 20.0. The van der Waals surface area contributed by atoms with Gasteiger partial charge >= 0.3 is 0 Å². The molecule has 9 heteroatoms. The van der Waals surface area contributed by atoms with Crippen molar-refractivity contribution in [3.63, 3.8) is 0 Å². The third kappa shape index (κ3) is 5.17. The molecule has 2 aromatic rings. The molecule has 0 unspecified atom stereocenters. The lowest BCUT2D eigenvalue weighted by atomic mass is 10.2. The molecule has 0 atom stereocenters. The number of nitro groups is 1. The molecule has 1 fully saturated rings. The molecular formula is C20H15N3O5S. The van der Waals surface area contributed by atoms with E-state index in [1.54, 1.807) is 54.6 Å². The molecule has 29 heavy (non-hydrogen) atoms. The number of nitrogens with zero attached hydrogens (tertiary/aromatic N) is 2. The molecule has 2 aromatic carbocycles. The Labute approximate surface area is 170 Å². The number of imide groups is 1. The minimum Gasteiger partial charge on any atom is -0.325 e. The highest BCUT2D eigenvalue weighted by Crippen LogP contribution is 2.30. The van der Waals surface area contributed by atoms with Gasteiger partial charge in [-0.3, -0.25) is 29.4 Å². The van der Waals surface area contributed by atoms with E-state index in [4.69, 9.17) is 0 Å². The quantitative estimate of drug-likeness (QED) is 0.441. The largest absolute Gasteiger partial charge is 0.325 e. The number of hydrogen-bond donors (Lipinski definition) is 1. The number of rotatable bonds is 6. The second kappa shape index (κ2) is 8.98. The maximum absolute atomic E-state index is 12.4. The second-order valence-electron chi connectivity index (χ2n) is 5.91. The number of allylic oxidation sites excluding steroid dienone is 2. The lowest BCUT2D eigenvalue weighted by molar-refractivity contribution is -0.384. The molecule has 1 N–H and O–H groups in total. The smallest absolute Gasteiger partial charge is 0.294 e. The summed E-state index contributed by atoms with van der Waals surface area (Å²) in [5.74, 6) is -1.02. The molecule has 1 aliphatic heterocycles. The number of carbonyl (C=O) groups is 3.